The fraction of sp³-hybridized carbons (Fsp3) is 0.412. The van der Waals surface area contributed by atoms with Gasteiger partial charge in [0.1, 0.15) is 11.9 Å². The van der Waals surface area contributed by atoms with Crippen LogP contribution >= 0.6 is 11.3 Å². The summed E-state index contributed by atoms with van der Waals surface area (Å²) in [6, 6.07) is 10.6. The van der Waals surface area contributed by atoms with E-state index < -0.39 is 0 Å². The summed E-state index contributed by atoms with van der Waals surface area (Å²) in [7, 11) is 2.21. The number of thiophene rings is 1. The van der Waals surface area contributed by atoms with Gasteiger partial charge in [0.2, 0.25) is 0 Å². The van der Waals surface area contributed by atoms with Gasteiger partial charge in [-0.1, -0.05) is 6.07 Å². The number of nitrogens with one attached hydrogen (secondary N) is 1. The summed E-state index contributed by atoms with van der Waals surface area (Å²) < 4.78 is 0. The van der Waals surface area contributed by atoms with Crippen molar-refractivity contribution < 1.29 is 0 Å². The Balaban J connectivity index is 1.74. The first-order valence-corrected chi connectivity index (χ1v) is 8.50. The molecule has 22 heavy (non-hydrogen) atoms. The first-order chi connectivity index (χ1) is 10.8. The third kappa shape index (κ3) is 3.13. The zero-order chi connectivity index (χ0) is 15.4. The molecule has 1 aliphatic rings. The second-order valence-corrected chi connectivity index (χ2v) is 6.71. The van der Waals surface area contributed by atoms with Crippen LogP contribution in [0.25, 0.3) is 0 Å². The molecule has 4 nitrogen and oxygen atoms in total. The number of nitrogens with zero attached hydrogens (tertiary/aromatic N) is 3. The Labute approximate surface area is 135 Å². The van der Waals surface area contributed by atoms with Crippen molar-refractivity contribution in [2.24, 2.45) is 5.92 Å². The van der Waals surface area contributed by atoms with Crippen LogP contribution in [0.5, 0.6) is 0 Å². The van der Waals surface area contributed by atoms with Gasteiger partial charge in [0, 0.05) is 23.7 Å². The third-order valence-corrected chi connectivity index (χ3v) is 5.24. The Kier molecular flexibility index (Phi) is 4.71. The summed E-state index contributed by atoms with van der Waals surface area (Å²) in [4.78, 5) is 8.17. The molecular formula is C17H20N4S. The van der Waals surface area contributed by atoms with Crippen LogP contribution in [0.2, 0.25) is 0 Å². The quantitative estimate of drug-likeness (QED) is 0.938. The van der Waals surface area contributed by atoms with Crippen molar-refractivity contribution in [1.29, 1.82) is 5.26 Å². The van der Waals surface area contributed by atoms with E-state index in [-0.39, 0.29) is 0 Å². The SMILES string of the molecule is CN1CCC[C@@H](CNc2ncccc2C#N)[C@H]1c1cccs1. The van der Waals surface area contributed by atoms with Gasteiger partial charge in [-0.15, -0.1) is 11.3 Å². The van der Waals surface area contributed by atoms with Crippen LogP contribution in [-0.2, 0) is 0 Å². The first kappa shape index (κ1) is 15.0. The molecular weight excluding hydrogens is 292 g/mol. The zero-order valence-electron chi connectivity index (χ0n) is 12.7. The van der Waals surface area contributed by atoms with Gasteiger partial charge < -0.3 is 5.32 Å². The fourth-order valence-corrected chi connectivity index (χ4v) is 4.23. The molecule has 2 aromatic rings. The molecule has 0 spiro atoms. The maximum atomic E-state index is 9.16. The molecule has 2 aromatic heterocycles. The number of hydrogen-bond donors (Lipinski definition) is 1. The lowest BCUT2D eigenvalue weighted by Gasteiger charge is -2.39. The summed E-state index contributed by atoms with van der Waals surface area (Å²) in [5, 5.41) is 14.7. The largest absolute Gasteiger partial charge is 0.369 e. The van der Waals surface area contributed by atoms with Crippen LogP contribution in [0.3, 0.4) is 0 Å². The van der Waals surface area contributed by atoms with E-state index in [9.17, 15) is 0 Å². The van der Waals surface area contributed by atoms with Gasteiger partial charge in [0.15, 0.2) is 0 Å². The van der Waals surface area contributed by atoms with Gasteiger partial charge in [-0.2, -0.15) is 5.26 Å². The predicted octanol–water partition coefficient (Wildman–Crippen LogP) is 3.51. The minimum Gasteiger partial charge on any atom is -0.369 e. The van der Waals surface area contributed by atoms with Crippen molar-refractivity contribution in [2.45, 2.75) is 18.9 Å². The molecule has 0 amide bonds. The molecule has 1 saturated heterocycles. The van der Waals surface area contributed by atoms with Gasteiger partial charge >= 0.3 is 0 Å². The molecule has 0 bridgehead atoms. The Bertz CT molecular complexity index is 647. The Morgan fingerprint density at radius 3 is 3.14 bits per heavy atom. The topological polar surface area (TPSA) is 52.0 Å². The number of aromatic nitrogens is 1. The predicted molar refractivity (Wildman–Crippen MR) is 89.9 cm³/mol. The third-order valence-electron chi connectivity index (χ3n) is 4.30. The van der Waals surface area contributed by atoms with Crippen molar-refractivity contribution in [1.82, 2.24) is 9.88 Å². The summed E-state index contributed by atoms with van der Waals surface area (Å²) in [5.74, 6) is 1.23. The summed E-state index contributed by atoms with van der Waals surface area (Å²) in [6.07, 6.45) is 4.15. The van der Waals surface area contributed by atoms with E-state index in [0.717, 1.165) is 13.1 Å². The lowest BCUT2D eigenvalue weighted by atomic mass is 9.88. The van der Waals surface area contributed by atoms with Crippen molar-refractivity contribution in [3.8, 4) is 6.07 Å². The standard InChI is InChI=1S/C17H20N4S/c1-21-9-3-6-14(16(21)15-7-4-10-22-15)12-20-17-13(11-18)5-2-8-19-17/h2,4-5,7-8,10,14,16H,3,6,9,12H2,1H3,(H,19,20)/t14-,16-/m0/s1. The van der Waals surface area contributed by atoms with Gasteiger partial charge in [-0.05, 0) is 55.9 Å². The number of rotatable bonds is 4. The van der Waals surface area contributed by atoms with Crippen LogP contribution in [-0.4, -0.2) is 30.0 Å². The maximum absolute atomic E-state index is 9.16. The molecule has 0 aliphatic carbocycles. The maximum Gasteiger partial charge on any atom is 0.143 e. The molecule has 2 atom stereocenters. The molecule has 1 aliphatic heterocycles. The normalized spacial score (nSPS) is 22.2. The van der Waals surface area contributed by atoms with E-state index in [1.54, 1.807) is 18.3 Å². The molecule has 3 heterocycles. The van der Waals surface area contributed by atoms with E-state index in [2.05, 4.69) is 45.8 Å². The fourth-order valence-electron chi connectivity index (χ4n) is 3.25. The summed E-state index contributed by atoms with van der Waals surface area (Å²) >= 11 is 1.83. The van der Waals surface area contributed by atoms with E-state index in [0.29, 0.717) is 23.3 Å². The second kappa shape index (κ2) is 6.91. The van der Waals surface area contributed by atoms with E-state index in [1.807, 2.05) is 11.3 Å². The Morgan fingerprint density at radius 1 is 1.45 bits per heavy atom. The average molecular weight is 312 g/mol. The van der Waals surface area contributed by atoms with Gasteiger partial charge in [0.05, 0.1) is 5.56 Å². The minimum atomic E-state index is 0.454. The second-order valence-electron chi connectivity index (χ2n) is 5.74. The number of likely N-dealkylation sites (tertiary alicyclic amines) is 1. The van der Waals surface area contributed by atoms with Crippen LogP contribution in [0, 0.1) is 17.2 Å². The Hall–Kier alpha value is -1.90. The van der Waals surface area contributed by atoms with Crippen LogP contribution < -0.4 is 5.32 Å². The van der Waals surface area contributed by atoms with E-state index in [4.69, 9.17) is 5.26 Å². The summed E-state index contributed by atoms with van der Waals surface area (Å²) in [5.41, 5.74) is 0.610. The molecule has 5 heteroatoms. The zero-order valence-corrected chi connectivity index (χ0v) is 13.5. The highest BCUT2D eigenvalue weighted by Gasteiger charge is 2.31. The number of hydrogen-bond acceptors (Lipinski definition) is 5. The number of anilines is 1. The first-order valence-electron chi connectivity index (χ1n) is 7.62. The van der Waals surface area contributed by atoms with Crippen LogP contribution in [0.15, 0.2) is 35.8 Å². The number of nitriles is 1. The molecule has 0 aromatic carbocycles. The van der Waals surface area contributed by atoms with Gasteiger partial charge in [-0.3, -0.25) is 4.90 Å². The van der Waals surface area contributed by atoms with Crippen molar-refractivity contribution in [3.63, 3.8) is 0 Å². The van der Waals surface area contributed by atoms with Crippen LogP contribution in [0.1, 0.15) is 29.3 Å². The number of piperidine rings is 1. The molecule has 0 radical (unpaired) electrons. The highest BCUT2D eigenvalue weighted by molar-refractivity contribution is 7.10. The Morgan fingerprint density at radius 2 is 2.36 bits per heavy atom. The average Bonchev–Trinajstić information content (AvgIpc) is 3.07. The molecule has 0 unspecified atom stereocenters. The minimum absolute atomic E-state index is 0.454. The lowest BCUT2D eigenvalue weighted by molar-refractivity contribution is 0.130. The van der Waals surface area contributed by atoms with Crippen molar-refractivity contribution in [3.05, 3.63) is 46.3 Å². The smallest absolute Gasteiger partial charge is 0.143 e. The monoisotopic (exact) mass is 312 g/mol. The highest BCUT2D eigenvalue weighted by Crippen LogP contribution is 2.37. The molecule has 0 saturated carbocycles. The number of pyridine rings is 1. The van der Waals surface area contributed by atoms with E-state index >= 15 is 0 Å². The molecule has 1 fully saturated rings. The van der Waals surface area contributed by atoms with Crippen molar-refractivity contribution in [2.75, 3.05) is 25.5 Å². The lowest BCUT2D eigenvalue weighted by Crippen LogP contribution is -2.38. The van der Waals surface area contributed by atoms with Crippen molar-refractivity contribution >= 4 is 17.2 Å². The van der Waals surface area contributed by atoms with Gasteiger partial charge in [-0.25, -0.2) is 4.98 Å². The molecule has 1 N–H and O–H groups in total. The molecule has 114 valence electrons. The highest BCUT2D eigenvalue weighted by atomic mass is 32.1. The summed E-state index contributed by atoms with van der Waals surface area (Å²) in [6.45, 7) is 1.99. The van der Waals surface area contributed by atoms with Crippen LogP contribution in [0.4, 0.5) is 5.82 Å². The van der Waals surface area contributed by atoms with E-state index in [1.165, 1.54) is 17.7 Å². The molecule has 3 rings (SSSR count). The van der Waals surface area contributed by atoms with Gasteiger partial charge in [0.25, 0.3) is 0 Å².